The average Bonchev–Trinajstić information content (AvgIpc) is 3.00. The molecule has 1 heterocycles. The summed E-state index contributed by atoms with van der Waals surface area (Å²) in [4.78, 5) is 1.44. The van der Waals surface area contributed by atoms with Crippen molar-refractivity contribution in [2.24, 2.45) is 7.05 Å². The number of hydrogen-bond donors (Lipinski definition) is 0. The molecule has 0 N–H and O–H groups in total. The van der Waals surface area contributed by atoms with Crippen molar-refractivity contribution in [2.45, 2.75) is 37.3 Å². The monoisotopic (exact) mass is 325 g/mol. The van der Waals surface area contributed by atoms with Crippen LogP contribution < -0.4 is 4.90 Å². The number of aryl methyl sites for hydroxylation is 2. The molecular formula is C11H15BrF3N3. The summed E-state index contributed by atoms with van der Waals surface area (Å²) in [6.07, 6.45) is -2.55. The van der Waals surface area contributed by atoms with Gasteiger partial charge in [0.1, 0.15) is 12.4 Å². The van der Waals surface area contributed by atoms with Crippen molar-refractivity contribution in [3.05, 3.63) is 11.3 Å². The van der Waals surface area contributed by atoms with Crippen LogP contribution in [0.2, 0.25) is 0 Å². The van der Waals surface area contributed by atoms with Gasteiger partial charge in [-0.3, -0.25) is 4.68 Å². The lowest BCUT2D eigenvalue weighted by atomic mass is 10.2. The summed E-state index contributed by atoms with van der Waals surface area (Å²) in [6.45, 7) is 0.912. The molecule has 3 nitrogen and oxygen atoms in total. The molecule has 0 unspecified atom stereocenters. The highest BCUT2D eigenvalue weighted by Crippen LogP contribution is 2.37. The Morgan fingerprint density at radius 3 is 2.50 bits per heavy atom. The Hall–Kier alpha value is -0.720. The lowest BCUT2D eigenvalue weighted by Crippen LogP contribution is -2.37. The smallest absolute Gasteiger partial charge is 0.344 e. The molecular weight excluding hydrogens is 311 g/mol. The number of alkyl halides is 4. The summed E-state index contributed by atoms with van der Waals surface area (Å²) >= 11 is 3.33. The number of hydrogen-bond acceptors (Lipinski definition) is 2. The maximum atomic E-state index is 12.7. The van der Waals surface area contributed by atoms with Gasteiger partial charge in [0.25, 0.3) is 0 Å². The zero-order chi connectivity index (χ0) is 13.5. The number of anilines is 1. The van der Waals surface area contributed by atoms with Gasteiger partial charge in [0.2, 0.25) is 0 Å². The zero-order valence-corrected chi connectivity index (χ0v) is 11.8. The van der Waals surface area contributed by atoms with Gasteiger partial charge in [0.15, 0.2) is 0 Å². The molecule has 0 aliphatic heterocycles. The van der Waals surface area contributed by atoms with Crippen molar-refractivity contribution in [3.63, 3.8) is 0 Å². The van der Waals surface area contributed by atoms with Gasteiger partial charge in [-0.1, -0.05) is 15.9 Å². The largest absolute Gasteiger partial charge is 0.405 e. The van der Waals surface area contributed by atoms with Crippen LogP contribution in [0.5, 0.6) is 0 Å². The highest BCUT2D eigenvalue weighted by atomic mass is 79.9. The first-order chi connectivity index (χ1) is 8.33. The maximum absolute atomic E-state index is 12.7. The van der Waals surface area contributed by atoms with Gasteiger partial charge in [-0.2, -0.15) is 18.3 Å². The van der Waals surface area contributed by atoms with Gasteiger partial charge in [0, 0.05) is 24.0 Å². The van der Waals surface area contributed by atoms with E-state index in [9.17, 15) is 13.2 Å². The molecule has 1 fully saturated rings. The van der Waals surface area contributed by atoms with Crippen LogP contribution in [0.15, 0.2) is 0 Å². The molecule has 102 valence electrons. The van der Waals surface area contributed by atoms with E-state index in [1.807, 2.05) is 6.92 Å². The van der Waals surface area contributed by atoms with Crippen LogP contribution in [0.1, 0.15) is 24.1 Å². The topological polar surface area (TPSA) is 21.1 Å². The van der Waals surface area contributed by atoms with Gasteiger partial charge >= 0.3 is 6.18 Å². The molecule has 0 aromatic carbocycles. The molecule has 7 heteroatoms. The van der Waals surface area contributed by atoms with E-state index < -0.39 is 12.7 Å². The minimum Gasteiger partial charge on any atom is -0.344 e. The summed E-state index contributed by atoms with van der Waals surface area (Å²) in [6, 6.07) is -0.000718. The first kappa shape index (κ1) is 13.7. The van der Waals surface area contributed by atoms with Crippen LogP contribution in [0.3, 0.4) is 0 Å². The first-order valence-electron chi connectivity index (χ1n) is 5.75. The minimum atomic E-state index is -4.19. The molecule has 1 saturated carbocycles. The van der Waals surface area contributed by atoms with E-state index in [0.29, 0.717) is 11.1 Å². The second kappa shape index (κ2) is 4.75. The van der Waals surface area contributed by atoms with E-state index in [1.165, 1.54) is 4.90 Å². The van der Waals surface area contributed by atoms with Crippen LogP contribution in [-0.4, -0.2) is 28.5 Å². The van der Waals surface area contributed by atoms with Crippen LogP contribution in [-0.2, 0) is 12.4 Å². The minimum absolute atomic E-state index is 0.000718. The van der Waals surface area contributed by atoms with Crippen LogP contribution >= 0.6 is 15.9 Å². The molecule has 1 aromatic heterocycles. The van der Waals surface area contributed by atoms with Crippen molar-refractivity contribution in [2.75, 3.05) is 11.4 Å². The average molecular weight is 326 g/mol. The molecule has 2 rings (SSSR count). The Labute approximate surface area is 112 Å². The molecule has 18 heavy (non-hydrogen) atoms. The summed E-state index contributed by atoms with van der Waals surface area (Å²) in [5.41, 5.74) is 1.62. The first-order valence-corrected chi connectivity index (χ1v) is 6.87. The summed E-state index contributed by atoms with van der Waals surface area (Å²) in [5.74, 6) is 0.587. The Bertz CT molecular complexity index is 437. The third-order valence-corrected chi connectivity index (χ3v) is 3.62. The van der Waals surface area contributed by atoms with Gasteiger partial charge in [-0.25, -0.2) is 0 Å². The van der Waals surface area contributed by atoms with E-state index in [2.05, 4.69) is 21.0 Å². The maximum Gasteiger partial charge on any atom is 0.405 e. The Morgan fingerprint density at radius 1 is 1.44 bits per heavy atom. The SMILES string of the molecule is Cc1nn(C)c(N(CC(F)(F)F)C2CC2)c1CBr. The molecule has 1 aliphatic rings. The second-order valence-electron chi connectivity index (χ2n) is 4.62. The quantitative estimate of drug-likeness (QED) is 0.793. The molecule has 0 saturated heterocycles. The van der Waals surface area contributed by atoms with Crippen molar-refractivity contribution in [1.82, 2.24) is 9.78 Å². The standard InChI is InChI=1S/C11H15BrF3N3/c1-7-9(5-12)10(17(2)16-7)18(8-3-4-8)6-11(13,14)15/h8H,3-6H2,1-2H3. The third kappa shape index (κ3) is 2.81. The summed E-state index contributed by atoms with van der Waals surface area (Å²) in [7, 11) is 1.69. The fraction of sp³-hybridized carbons (Fsp3) is 0.727. The van der Waals surface area contributed by atoms with Crippen molar-refractivity contribution >= 4 is 21.7 Å². The van der Waals surface area contributed by atoms with Crippen molar-refractivity contribution < 1.29 is 13.2 Å². The lowest BCUT2D eigenvalue weighted by molar-refractivity contribution is -0.120. The fourth-order valence-electron chi connectivity index (χ4n) is 2.16. The molecule has 0 bridgehead atoms. The van der Waals surface area contributed by atoms with Gasteiger partial charge in [0.05, 0.1) is 5.69 Å². The third-order valence-electron chi connectivity index (χ3n) is 3.06. The predicted octanol–water partition coefficient (Wildman–Crippen LogP) is 3.15. The van der Waals surface area contributed by atoms with E-state index in [4.69, 9.17) is 0 Å². The summed E-state index contributed by atoms with van der Waals surface area (Å²) < 4.78 is 39.6. The Kier molecular flexibility index (Phi) is 3.62. The zero-order valence-electron chi connectivity index (χ0n) is 10.3. The number of aromatic nitrogens is 2. The molecule has 1 aliphatic carbocycles. The second-order valence-corrected chi connectivity index (χ2v) is 5.18. The number of nitrogens with zero attached hydrogens (tertiary/aromatic N) is 3. The highest BCUT2D eigenvalue weighted by molar-refractivity contribution is 9.08. The Morgan fingerprint density at radius 2 is 2.06 bits per heavy atom. The van der Waals surface area contributed by atoms with Crippen molar-refractivity contribution in [1.29, 1.82) is 0 Å². The molecule has 0 atom stereocenters. The van der Waals surface area contributed by atoms with E-state index in [0.717, 1.165) is 24.1 Å². The fourth-order valence-corrected chi connectivity index (χ4v) is 2.82. The molecule has 0 amide bonds. The molecule has 0 radical (unpaired) electrons. The van der Waals surface area contributed by atoms with E-state index >= 15 is 0 Å². The lowest BCUT2D eigenvalue weighted by Gasteiger charge is -2.26. The number of rotatable bonds is 4. The number of halogens is 4. The van der Waals surface area contributed by atoms with Gasteiger partial charge in [-0.05, 0) is 19.8 Å². The van der Waals surface area contributed by atoms with Crippen LogP contribution in [0.4, 0.5) is 19.0 Å². The molecule has 1 aromatic rings. The van der Waals surface area contributed by atoms with E-state index in [1.54, 1.807) is 11.7 Å². The van der Waals surface area contributed by atoms with Gasteiger partial charge in [-0.15, -0.1) is 0 Å². The molecule has 0 spiro atoms. The highest BCUT2D eigenvalue weighted by Gasteiger charge is 2.40. The van der Waals surface area contributed by atoms with Gasteiger partial charge < -0.3 is 4.90 Å². The predicted molar refractivity (Wildman–Crippen MR) is 67.0 cm³/mol. The van der Waals surface area contributed by atoms with Crippen molar-refractivity contribution in [3.8, 4) is 0 Å². The summed E-state index contributed by atoms with van der Waals surface area (Å²) in [5, 5.41) is 4.74. The van der Waals surface area contributed by atoms with Crippen LogP contribution in [0.25, 0.3) is 0 Å². The Balaban J connectivity index is 2.36. The van der Waals surface area contributed by atoms with E-state index in [-0.39, 0.29) is 6.04 Å². The normalized spacial score (nSPS) is 16.1. The van der Waals surface area contributed by atoms with Crippen LogP contribution in [0, 0.1) is 6.92 Å².